The molecule has 2 nitrogen and oxygen atoms in total. The van der Waals surface area contributed by atoms with Crippen molar-refractivity contribution in [1.29, 1.82) is 0 Å². The van der Waals surface area contributed by atoms with Gasteiger partial charge in [0.15, 0.2) is 0 Å². The Balaban J connectivity index is 2.55. The molecule has 1 rings (SSSR count). The molecule has 1 aliphatic rings. The topological polar surface area (TPSA) is 43.1 Å². The third-order valence-electron chi connectivity index (χ3n) is 1.56. The summed E-state index contributed by atoms with van der Waals surface area (Å²) in [5, 5.41) is 0. The zero-order chi connectivity index (χ0) is 7.40. The van der Waals surface area contributed by atoms with Gasteiger partial charge in [-0.3, -0.25) is 4.79 Å². The van der Waals surface area contributed by atoms with Gasteiger partial charge in [0.05, 0.1) is 6.04 Å². The van der Waals surface area contributed by atoms with Gasteiger partial charge in [0, 0.05) is 0 Å². The Hall–Kier alpha value is -0.890. The molecule has 1 unspecified atom stereocenters. The predicted molar refractivity (Wildman–Crippen MR) is 40.1 cm³/mol. The zero-order valence-corrected chi connectivity index (χ0v) is 5.71. The maximum absolute atomic E-state index is 10.1. The van der Waals surface area contributed by atoms with E-state index in [4.69, 9.17) is 5.73 Å². The average Bonchev–Trinajstić information content (AvgIpc) is 2.05. The molecule has 2 heteroatoms. The second-order valence-electron chi connectivity index (χ2n) is 2.29. The smallest absolute Gasteiger partial charge is 0.221 e. The van der Waals surface area contributed by atoms with Gasteiger partial charge in [-0.05, 0) is 18.4 Å². The molecule has 10 heavy (non-hydrogen) atoms. The van der Waals surface area contributed by atoms with Gasteiger partial charge in [0.1, 0.15) is 0 Å². The predicted octanol–water partition coefficient (Wildman–Crippen LogP) is 0.700. The average molecular weight is 136 g/mol. The summed E-state index contributed by atoms with van der Waals surface area (Å²) in [4.78, 5) is 10.1. The van der Waals surface area contributed by atoms with Crippen molar-refractivity contribution in [3.63, 3.8) is 0 Å². The van der Waals surface area contributed by atoms with E-state index in [1.807, 2.05) is 12.2 Å². The molecule has 0 amide bonds. The minimum Gasteiger partial charge on any atom is -0.318 e. The SMILES string of the molecule is NC([C]=O)C1=CCC=CC1. The van der Waals surface area contributed by atoms with Crippen molar-refractivity contribution in [1.82, 2.24) is 0 Å². The first-order chi connectivity index (χ1) is 4.84. The molecule has 0 heterocycles. The van der Waals surface area contributed by atoms with E-state index in [-0.39, 0.29) is 0 Å². The van der Waals surface area contributed by atoms with Crippen LogP contribution < -0.4 is 5.73 Å². The Morgan fingerprint density at radius 1 is 1.60 bits per heavy atom. The molecule has 0 saturated carbocycles. The Morgan fingerprint density at radius 3 is 2.90 bits per heavy atom. The van der Waals surface area contributed by atoms with Crippen LogP contribution >= 0.6 is 0 Å². The van der Waals surface area contributed by atoms with Crippen LogP contribution in [0.4, 0.5) is 0 Å². The van der Waals surface area contributed by atoms with Gasteiger partial charge in [-0.2, -0.15) is 0 Å². The number of hydrogen-bond acceptors (Lipinski definition) is 2. The van der Waals surface area contributed by atoms with Crippen molar-refractivity contribution < 1.29 is 4.79 Å². The second kappa shape index (κ2) is 3.32. The van der Waals surface area contributed by atoms with Crippen molar-refractivity contribution in [2.75, 3.05) is 0 Å². The summed E-state index contributed by atoms with van der Waals surface area (Å²) in [6, 6.07) is -0.509. The Morgan fingerprint density at radius 2 is 2.40 bits per heavy atom. The Bertz CT molecular complexity index is 182. The number of allylic oxidation sites excluding steroid dienone is 3. The summed E-state index contributed by atoms with van der Waals surface area (Å²) in [6.07, 6.45) is 9.51. The van der Waals surface area contributed by atoms with Crippen LogP contribution in [0.5, 0.6) is 0 Å². The highest BCUT2D eigenvalue weighted by Gasteiger charge is 2.07. The molecule has 0 fully saturated rings. The van der Waals surface area contributed by atoms with Crippen molar-refractivity contribution >= 4 is 6.29 Å². The molecule has 0 bridgehead atoms. The molecule has 2 N–H and O–H groups in total. The van der Waals surface area contributed by atoms with E-state index in [1.165, 1.54) is 0 Å². The minimum absolute atomic E-state index is 0.509. The van der Waals surface area contributed by atoms with Crippen LogP contribution in [0.1, 0.15) is 12.8 Å². The largest absolute Gasteiger partial charge is 0.318 e. The molecule has 1 radical (unpaired) electrons. The number of nitrogens with two attached hydrogens (primary N) is 1. The summed E-state index contributed by atoms with van der Waals surface area (Å²) >= 11 is 0. The summed E-state index contributed by atoms with van der Waals surface area (Å²) in [5.74, 6) is 0. The van der Waals surface area contributed by atoms with Gasteiger partial charge in [0.2, 0.25) is 6.29 Å². The lowest BCUT2D eigenvalue weighted by Gasteiger charge is -2.09. The lowest BCUT2D eigenvalue weighted by Crippen LogP contribution is -2.24. The number of hydrogen-bond donors (Lipinski definition) is 1. The molecule has 0 spiro atoms. The maximum Gasteiger partial charge on any atom is 0.221 e. The number of rotatable bonds is 2. The molecule has 1 atom stereocenters. The van der Waals surface area contributed by atoms with Crippen molar-refractivity contribution in [2.24, 2.45) is 5.73 Å². The summed E-state index contributed by atoms with van der Waals surface area (Å²) < 4.78 is 0. The van der Waals surface area contributed by atoms with E-state index in [1.54, 1.807) is 6.29 Å². The quantitative estimate of drug-likeness (QED) is 0.568. The van der Waals surface area contributed by atoms with E-state index < -0.39 is 6.04 Å². The van der Waals surface area contributed by atoms with Crippen molar-refractivity contribution in [2.45, 2.75) is 18.9 Å². The molecule has 53 valence electrons. The summed E-state index contributed by atoms with van der Waals surface area (Å²) in [6.45, 7) is 0. The van der Waals surface area contributed by atoms with Crippen molar-refractivity contribution in [3.8, 4) is 0 Å². The molecule has 0 aromatic carbocycles. The normalized spacial score (nSPS) is 19.9. The second-order valence-corrected chi connectivity index (χ2v) is 2.29. The highest BCUT2D eigenvalue weighted by atomic mass is 16.1. The zero-order valence-electron chi connectivity index (χ0n) is 5.71. The van der Waals surface area contributed by atoms with Crippen LogP contribution in [-0.4, -0.2) is 12.3 Å². The van der Waals surface area contributed by atoms with E-state index in [9.17, 15) is 4.79 Å². The van der Waals surface area contributed by atoms with E-state index in [0.717, 1.165) is 18.4 Å². The van der Waals surface area contributed by atoms with E-state index in [2.05, 4.69) is 6.08 Å². The molecule has 1 aliphatic carbocycles. The van der Waals surface area contributed by atoms with E-state index >= 15 is 0 Å². The Kier molecular flexibility index (Phi) is 2.40. The van der Waals surface area contributed by atoms with Crippen LogP contribution in [0.15, 0.2) is 23.8 Å². The highest BCUT2D eigenvalue weighted by molar-refractivity contribution is 5.64. The maximum atomic E-state index is 10.1. The first-order valence-corrected chi connectivity index (χ1v) is 3.32. The molecule has 0 aliphatic heterocycles. The van der Waals surface area contributed by atoms with E-state index in [0.29, 0.717) is 0 Å². The van der Waals surface area contributed by atoms with Crippen LogP contribution in [0.25, 0.3) is 0 Å². The minimum atomic E-state index is -0.509. The van der Waals surface area contributed by atoms with Crippen molar-refractivity contribution in [3.05, 3.63) is 23.8 Å². The van der Waals surface area contributed by atoms with Gasteiger partial charge < -0.3 is 5.73 Å². The van der Waals surface area contributed by atoms with Gasteiger partial charge in [-0.1, -0.05) is 18.2 Å². The lowest BCUT2D eigenvalue weighted by atomic mass is 10.0. The fourth-order valence-electron chi connectivity index (χ4n) is 0.948. The number of carbonyl (C=O) groups excluding carboxylic acids is 1. The van der Waals surface area contributed by atoms with Gasteiger partial charge in [-0.25, -0.2) is 0 Å². The highest BCUT2D eigenvalue weighted by Crippen LogP contribution is 2.11. The van der Waals surface area contributed by atoms with Crippen LogP contribution in [0.2, 0.25) is 0 Å². The third kappa shape index (κ3) is 1.54. The van der Waals surface area contributed by atoms with Crippen LogP contribution in [0, 0.1) is 0 Å². The summed E-state index contributed by atoms with van der Waals surface area (Å²) in [7, 11) is 0. The fraction of sp³-hybridized carbons (Fsp3) is 0.375. The standard InChI is InChI=1S/C8H10NO/c9-8(6-10)7-4-2-1-3-5-7/h1-2,5,8H,3-4,9H2. The van der Waals surface area contributed by atoms with Gasteiger partial charge in [0.25, 0.3) is 0 Å². The first kappa shape index (κ1) is 7.22. The third-order valence-corrected chi connectivity index (χ3v) is 1.56. The molecule has 0 aromatic rings. The molecule has 0 saturated heterocycles. The molecule has 0 aromatic heterocycles. The summed E-state index contributed by atoms with van der Waals surface area (Å²) in [5.41, 5.74) is 6.41. The molecular weight excluding hydrogens is 126 g/mol. The monoisotopic (exact) mass is 136 g/mol. The lowest BCUT2D eigenvalue weighted by molar-refractivity contribution is 0.547. The van der Waals surface area contributed by atoms with Crippen LogP contribution in [0.3, 0.4) is 0 Å². The fourth-order valence-corrected chi connectivity index (χ4v) is 0.948. The Labute approximate surface area is 60.4 Å². The van der Waals surface area contributed by atoms with Gasteiger partial charge >= 0.3 is 0 Å². The van der Waals surface area contributed by atoms with Crippen LogP contribution in [-0.2, 0) is 4.79 Å². The van der Waals surface area contributed by atoms with Gasteiger partial charge in [-0.15, -0.1) is 0 Å². The first-order valence-electron chi connectivity index (χ1n) is 3.32. The molecular formula is C8H10NO.